The van der Waals surface area contributed by atoms with Gasteiger partial charge in [-0.25, -0.2) is 0 Å². The van der Waals surface area contributed by atoms with Crippen molar-refractivity contribution in [2.24, 2.45) is 23.7 Å². The third-order valence-corrected chi connectivity index (χ3v) is 6.53. The third-order valence-electron chi connectivity index (χ3n) is 6.53. The van der Waals surface area contributed by atoms with Crippen LogP contribution < -0.4 is 0 Å². The Morgan fingerprint density at radius 1 is 1.28 bits per heavy atom. The van der Waals surface area contributed by atoms with Gasteiger partial charge >= 0.3 is 0 Å². The van der Waals surface area contributed by atoms with E-state index in [9.17, 15) is 15.0 Å². The molecule has 7 atom stereocenters. The minimum Gasteiger partial charge on any atom is -0.390 e. The minimum absolute atomic E-state index is 0.0539. The Morgan fingerprint density at radius 2 is 1.90 bits per heavy atom. The highest BCUT2D eigenvalue weighted by atomic mass is 16.6. The van der Waals surface area contributed by atoms with Crippen LogP contribution in [-0.2, 0) is 9.53 Å². The van der Waals surface area contributed by atoms with E-state index in [4.69, 9.17) is 11.2 Å². The molecule has 0 aliphatic carbocycles. The predicted octanol–water partition coefficient (Wildman–Crippen LogP) is 3.25. The summed E-state index contributed by atoms with van der Waals surface area (Å²) < 4.78 is 5.90. The SMILES string of the molecule is C#CCN(C)C(=O)/C=C(\C)C[C@H](O)[C@H](O)[C@H](C)[C@H](CC)C[C@@H]1O[C@H]1[C@@H](C)C(C)C. The van der Waals surface area contributed by atoms with E-state index >= 15 is 0 Å². The molecule has 1 amide bonds. The monoisotopic (exact) mass is 407 g/mol. The molecule has 0 aromatic heterocycles. The summed E-state index contributed by atoms with van der Waals surface area (Å²) in [5.41, 5.74) is 0.724. The average molecular weight is 408 g/mol. The largest absolute Gasteiger partial charge is 0.390 e. The van der Waals surface area contributed by atoms with Crippen LogP contribution >= 0.6 is 0 Å². The van der Waals surface area contributed by atoms with Crippen molar-refractivity contribution in [1.82, 2.24) is 4.90 Å². The molecule has 0 spiro atoms. The number of rotatable bonds is 12. The molecule has 5 nitrogen and oxygen atoms in total. The first kappa shape index (κ1) is 25.7. The van der Waals surface area contributed by atoms with Crippen molar-refractivity contribution in [3.63, 3.8) is 0 Å². The zero-order valence-electron chi connectivity index (χ0n) is 19.3. The van der Waals surface area contributed by atoms with E-state index in [-0.39, 0.29) is 36.8 Å². The summed E-state index contributed by atoms with van der Waals surface area (Å²) in [4.78, 5) is 13.5. The van der Waals surface area contributed by atoms with Crippen LogP contribution in [0.15, 0.2) is 11.6 Å². The first-order chi connectivity index (χ1) is 13.5. The molecule has 29 heavy (non-hydrogen) atoms. The van der Waals surface area contributed by atoms with Crippen LogP contribution in [0.2, 0.25) is 0 Å². The van der Waals surface area contributed by atoms with Gasteiger partial charge in [0.05, 0.1) is 31.0 Å². The molecule has 1 fully saturated rings. The smallest absolute Gasteiger partial charge is 0.247 e. The molecule has 1 heterocycles. The molecule has 1 aliphatic heterocycles. The number of aliphatic hydroxyl groups is 2. The van der Waals surface area contributed by atoms with Crippen molar-refractivity contribution in [3.05, 3.63) is 11.6 Å². The summed E-state index contributed by atoms with van der Waals surface area (Å²) in [6.07, 6.45) is 7.61. The summed E-state index contributed by atoms with van der Waals surface area (Å²) in [6.45, 7) is 12.8. The highest BCUT2D eigenvalue weighted by Gasteiger charge is 2.45. The molecule has 1 saturated heterocycles. The van der Waals surface area contributed by atoms with Crippen LogP contribution in [0, 0.1) is 36.0 Å². The molecule has 1 rings (SSSR count). The first-order valence-corrected chi connectivity index (χ1v) is 10.9. The highest BCUT2D eigenvalue weighted by molar-refractivity contribution is 5.88. The van der Waals surface area contributed by atoms with Crippen LogP contribution in [0.4, 0.5) is 0 Å². The predicted molar refractivity (Wildman–Crippen MR) is 117 cm³/mol. The van der Waals surface area contributed by atoms with Gasteiger partial charge in [0.25, 0.3) is 0 Å². The van der Waals surface area contributed by atoms with Crippen molar-refractivity contribution in [3.8, 4) is 12.3 Å². The Labute approximate surface area is 177 Å². The van der Waals surface area contributed by atoms with Crippen molar-refractivity contribution < 1.29 is 19.7 Å². The quantitative estimate of drug-likeness (QED) is 0.296. The van der Waals surface area contributed by atoms with Crippen LogP contribution in [0.5, 0.6) is 0 Å². The number of ether oxygens (including phenoxy) is 1. The standard InChI is InChI=1S/C24H41NO4/c1-9-11-25(8)22(27)13-16(5)12-20(26)23(28)18(7)19(10-2)14-21-24(29-21)17(6)15(3)4/h1,13,15,17-21,23-24,26,28H,10-12,14H2,2-8H3/b16-13+/t17-,18+,19+,20-,21-,23+,24-/m0/s1. The topological polar surface area (TPSA) is 73.3 Å². The van der Waals surface area contributed by atoms with Crippen LogP contribution in [0.25, 0.3) is 0 Å². The molecule has 0 saturated carbocycles. The van der Waals surface area contributed by atoms with Gasteiger partial charge in [-0.05, 0) is 43.4 Å². The molecular weight excluding hydrogens is 366 g/mol. The first-order valence-electron chi connectivity index (χ1n) is 10.9. The van der Waals surface area contributed by atoms with Gasteiger partial charge in [0.15, 0.2) is 0 Å². The van der Waals surface area contributed by atoms with Gasteiger partial charge in [-0.2, -0.15) is 0 Å². The molecule has 0 unspecified atom stereocenters. The number of nitrogens with zero attached hydrogens (tertiary/aromatic N) is 1. The number of epoxide rings is 1. The fraction of sp³-hybridized carbons (Fsp3) is 0.792. The molecule has 0 aromatic carbocycles. The van der Waals surface area contributed by atoms with Gasteiger partial charge in [-0.15, -0.1) is 6.42 Å². The van der Waals surface area contributed by atoms with E-state index in [2.05, 4.69) is 33.6 Å². The van der Waals surface area contributed by atoms with Gasteiger partial charge in [-0.3, -0.25) is 4.79 Å². The molecule has 0 aromatic rings. The Kier molecular flexibility index (Phi) is 10.4. The van der Waals surface area contributed by atoms with Crippen LogP contribution in [-0.4, -0.2) is 59.0 Å². The van der Waals surface area contributed by atoms with Crippen LogP contribution in [0.3, 0.4) is 0 Å². The van der Waals surface area contributed by atoms with E-state index in [0.29, 0.717) is 17.9 Å². The van der Waals surface area contributed by atoms with Crippen molar-refractivity contribution >= 4 is 5.91 Å². The summed E-state index contributed by atoms with van der Waals surface area (Å²) >= 11 is 0. The Morgan fingerprint density at radius 3 is 2.41 bits per heavy atom. The van der Waals surface area contributed by atoms with E-state index < -0.39 is 12.2 Å². The van der Waals surface area contributed by atoms with Gasteiger partial charge in [0.2, 0.25) is 5.91 Å². The lowest BCUT2D eigenvalue weighted by Gasteiger charge is -2.30. The van der Waals surface area contributed by atoms with Gasteiger partial charge in [0, 0.05) is 13.1 Å². The fourth-order valence-electron chi connectivity index (χ4n) is 3.91. The number of amides is 1. The number of carbonyl (C=O) groups excluding carboxylic acids is 1. The summed E-state index contributed by atoms with van der Waals surface area (Å²) in [5, 5.41) is 21.3. The molecule has 1 aliphatic rings. The van der Waals surface area contributed by atoms with Gasteiger partial charge in [-0.1, -0.05) is 52.5 Å². The number of hydrogen-bond donors (Lipinski definition) is 2. The summed E-state index contributed by atoms with van der Waals surface area (Å²) in [5.74, 6) is 3.58. The summed E-state index contributed by atoms with van der Waals surface area (Å²) in [6, 6.07) is 0. The van der Waals surface area contributed by atoms with E-state index in [1.165, 1.54) is 11.0 Å². The Balaban J connectivity index is 2.60. The number of likely N-dealkylation sites (N-methyl/N-ethyl adjacent to an activating group) is 1. The number of carbonyl (C=O) groups is 1. The summed E-state index contributed by atoms with van der Waals surface area (Å²) in [7, 11) is 1.64. The maximum Gasteiger partial charge on any atom is 0.247 e. The van der Waals surface area contributed by atoms with E-state index in [0.717, 1.165) is 18.4 Å². The second kappa shape index (κ2) is 11.7. The highest BCUT2D eigenvalue weighted by Crippen LogP contribution is 2.40. The number of terminal acetylenes is 1. The van der Waals surface area contributed by atoms with Crippen LogP contribution in [0.1, 0.15) is 60.8 Å². The lowest BCUT2D eigenvalue weighted by Crippen LogP contribution is -2.36. The van der Waals surface area contributed by atoms with Crippen molar-refractivity contribution in [2.45, 2.75) is 85.2 Å². The van der Waals surface area contributed by atoms with Gasteiger partial charge < -0.3 is 19.8 Å². The van der Waals surface area contributed by atoms with Crippen molar-refractivity contribution in [1.29, 1.82) is 0 Å². The molecule has 0 bridgehead atoms. The molecule has 0 radical (unpaired) electrons. The molecular formula is C24H41NO4. The Hall–Kier alpha value is -1.35. The molecule has 166 valence electrons. The fourth-order valence-corrected chi connectivity index (χ4v) is 3.91. The normalized spacial score (nSPS) is 24.4. The number of hydrogen-bond acceptors (Lipinski definition) is 4. The minimum atomic E-state index is -0.911. The molecule has 2 N–H and O–H groups in total. The number of aliphatic hydroxyl groups excluding tert-OH is 2. The second-order valence-electron chi connectivity index (χ2n) is 9.16. The van der Waals surface area contributed by atoms with E-state index in [1.54, 1.807) is 14.0 Å². The zero-order chi connectivity index (χ0) is 22.3. The lowest BCUT2D eigenvalue weighted by molar-refractivity contribution is -0.124. The van der Waals surface area contributed by atoms with Gasteiger partial charge in [0.1, 0.15) is 0 Å². The maximum atomic E-state index is 12.0. The lowest BCUT2D eigenvalue weighted by atomic mass is 9.80. The average Bonchev–Trinajstić information content (AvgIpc) is 3.43. The molecule has 5 heteroatoms. The van der Waals surface area contributed by atoms with Crippen molar-refractivity contribution in [2.75, 3.05) is 13.6 Å². The second-order valence-corrected chi connectivity index (χ2v) is 9.16. The van der Waals surface area contributed by atoms with E-state index in [1.807, 2.05) is 6.92 Å². The zero-order valence-corrected chi connectivity index (χ0v) is 19.3. The Bertz CT molecular complexity index is 594. The maximum absolute atomic E-state index is 12.0. The third kappa shape index (κ3) is 7.77.